The first-order valence-electron chi connectivity index (χ1n) is 9.70. The number of ether oxygens (including phenoxy) is 2. The molecule has 1 N–H and O–H groups in total. The summed E-state index contributed by atoms with van der Waals surface area (Å²) in [4.78, 5) is 26.7. The van der Waals surface area contributed by atoms with E-state index >= 15 is 0 Å². The van der Waals surface area contributed by atoms with Crippen LogP contribution >= 0.6 is 0 Å². The predicted molar refractivity (Wildman–Crippen MR) is 102 cm³/mol. The zero-order valence-electron chi connectivity index (χ0n) is 16.5. The third-order valence-corrected chi connectivity index (χ3v) is 5.47. The largest absolute Gasteiger partial charge is 0.469 e. The Labute approximate surface area is 161 Å². The smallest absolute Gasteiger partial charge is 0.338 e. The lowest BCUT2D eigenvalue weighted by Crippen LogP contribution is -2.53. The molecule has 2 bridgehead atoms. The number of hydrogen-bond donors (Lipinski definition) is 1. The quantitative estimate of drug-likeness (QED) is 0.795. The van der Waals surface area contributed by atoms with E-state index in [9.17, 15) is 9.59 Å². The average Bonchev–Trinajstić information content (AvgIpc) is 2.92. The maximum Gasteiger partial charge on any atom is 0.338 e. The first-order valence-corrected chi connectivity index (χ1v) is 9.70. The number of benzene rings is 1. The molecule has 2 fully saturated rings. The second-order valence-corrected chi connectivity index (χ2v) is 7.14. The topological polar surface area (TPSA) is 76.1 Å². The second kappa shape index (κ2) is 10.4. The lowest BCUT2D eigenvalue weighted by Gasteiger charge is -2.40. The van der Waals surface area contributed by atoms with Crippen LogP contribution in [0.1, 0.15) is 49.4 Å². The van der Waals surface area contributed by atoms with Crippen LogP contribution in [0.5, 0.6) is 0 Å². The molecule has 0 aliphatic carbocycles. The molecule has 2 saturated heterocycles. The maximum atomic E-state index is 12.3. The van der Waals surface area contributed by atoms with Crippen molar-refractivity contribution >= 4 is 11.9 Å². The van der Waals surface area contributed by atoms with E-state index in [0.717, 1.165) is 25.7 Å². The minimum Gasteiger partial charge on any atom is -0.469 e. The number of carbonyl (C=O) groups excluding carboxylic acids is 2. The fourth-order valence-electron chi connectivity index (χ4n) is 3.92. The number of aliphatic hydroxyl groups excluding tert-OH is 1. The minimum absolute atomic E-state index is 0.0970. The molecule has 2 unspecified atom stereocenters. The third kappa shape index (κ3) is 5.30. The number of rotatable bonds is 5. The van der Waals surface area contributed by atoms with Crippen molar-refractivity contribution in [3.8, 4) is 0 Å². The molecule has 0 saturated carbocycles. The summed E-state index contributed by atoms with van der Waals surface area (Å²) in [6.45, 7) is 2.40. The van der Waals surface area contributed by atoms with Gasteiger partial charge in [-0.3, -0.25) is 9.69 Å². The number of aliphatic hydroxyl groups is 1. The van der Waals surface area contributed by atoms with Crippen molar-refractivity contribution in [1.82, 2.24) is 4.90 Å². The summed E-state index contributed by atoms with van der Waals surface area (Å²) in [5.41, 5.74) is 0.511. The maximum absolute atomic E-state index is 12.3. The molecule has 3 rings (SSSR count). The van der Waals surface area contributed by atoms with E-state index in [1.165, 1.54) is 7.11 Å². The molecule has 2 aliphatic rings. The van der Waals surface area contributed by atoms with Crippen LogP contribution in [0.3, 0.4) is 0 Å². The molecule has 1 aromatic rings. The molecule has 0 aromatic heterocycles. The first-order chi connectivity index (χ1) is 13.0. The van der Waals surface area contributed by atoms with E-state index in [1.54, 1.807) is 24.3 Å². The van der Waals surface area contributed by atoms with Gasteiger partial charge in [0, 0.05) is 25.1 Å². The van der Waals surface area contributed by atoms with Crippen LogP contribution in [0, 0.1) is 5.92 Å². The summed E-state index contributed by atoms with van der Waals surface area (Å²) >= 11 is 0. The van der Waals surface area contributed by atoms with Gasteiger partial charge in [-0.25, -0.2) is 4.79 Å². The molecular formula is C21H31NO5. The van der Waals surface area contributed by atoms with E-state index in [1.807, 2.05) is 13.1 Å². The Morgan fingerprint density at radius 3 is 2.48 bits per heavy atom. The Morgan fingerprint density at radius 2 is 1.93 bits per heavy atom. The van der Waals surface area contributed by atoms with Gasteiger partial charge in [0.05, 0.1) is 12.7 Å². The van der Waals surface area contributed by atoms with Crippen LogP contribution in [0.4, 0.5) is 0 Å². The van der Waals surface area contributed by atoms with Crippen molar-refractivity contribution in [3.63, 3.8) is 0 Å². The lowest BCUT2D eigenvalue weighted by molar-refractivity contribution is -0.156. The van der Waals surface area contributed by atoms with Gasteiger partial charge < -0.3 is 14.6 Å². The van der Waals surface area contributed by atoms with E-state index < -0.39 is 12.0 Å². The van der Waals surface area contributed by atoms with E-state index in [-0.39, 0.29) is 18.0 Å². The highest BCUT2D eigenvalue weighted by Crippen LogP contribution is 2.40. The lowest BCUT2D eigenvalue weighted by atomic mass is 9.87. The van der Waals surface area contributed by atoms with Crippen molar-refractivity contribution in [1.29, 1.82) is 0 Å². The average molecular weight is 377 g/mol. The monoisotopic (exact) mass is 377 g/mol. The predicted octanol–water partition coefficient (Wildman–Crippen LogP) is 2.65. The molecule has 1 aromatic carbocycles. The Bertz CT molecular complexity index is 604. The Morgan fingerprint density at radius 1 is 1.22 bits per heavy atom. The minimum atomic E-state index is -0.408. The van der Waals surface area contributed by atoms with E-state index in [0.29, 0.717) is 24.6 Å². The van der Waals surface area contributed by atoms with E-state index in [4.69, 9.17) is 14.6 Å². The Kier molecular flexibility index (Phi) is 8.25. The van der Waals surface area contributed by atoms with Gasteiger partial charge in [0.15, 0.2) is 0 Å². The Balaban J connectivity index is 0.000000465. The molecule has 4 atom stereocenters. The zero-order valence-corrected chi connectivity index (χ0v) is 16.5. The molecule has 2 heterocycles. The number of piperidine rings is 1. The highest BCUT2D eigenvalue weighted by Gasteiger charge is 2.50. The van der Waals surface area contributed by atoms with E-state index in [2.05, 4.69) is 11.8 Å². The van der Waals surface area contributed by atoms with Gasteiger partial charge in [0.2, 0.25) is 0 Å². The fourth-order valence-corrected chi connectivity index (χ4v) is 3.92. The molecule has 27 heavy (non-hydrogen) atoms. The fraction of sp³-hybridized carbons (Fsp3) is 0.619. The van der Waals surface area contributed by atoms with Crippen LogP contribution in [-0.4, -0.2) is 60.9 Å². The SMILES string of the molecule is CCCCO.COC(=O)[C@@H]1C2CCC(C[C@@H]1OC(=O)c1ccccc1)N2C. The van der Waals surface area contributed by atoms with Crippen molar-refractivity contribution in [2.24, 2.45) is 5.92 Å². The zero-order chi connectivity index (χ0) is 19.8. The highest BCUT2D eigenvalue weighted by atomic mass is 16.6. The van der Waals surface area contributed by atoms with Crippen molar-refractivity contribution in [2.45, 2.75) is 57.2 Å². The summed E-state index contributed by atoms with van der Waals surface area (Å²) in [6.07, 6.45) is 4.30. The number of fused-ring (bicyclic) bond motifs is 2. The normalized spacial score (nSPS) is 26.7. The molecular weight excluding hydrogens is 346 g/mol. The third-order valence-electron chi connectivity index (χ3n) is 5.47. The number of hydrogen-bond acceptors (Lipinski definition) is 6. The molecule has 6 nitrogen and oxygen atoms in total. The summed E-state index contributed by atoms with van der Waals surface area (Å²) < 4.78 is 10.6. The van der Waals surface area contributed by atoms with Crippen LogP contribution in [0.25, 0.3) is 0 Å². The molecule has 0 spiro atoms. The summed E-state index contributed by atoms with van der Waals surface area (Å²) in [5.74, 6) is -1.06. The van der Waals surface area contributed by atoms with Crippen LogP contribution in [0.2, 0.25) is 0 Å². The Hall–Kier alpha value is -1.92. The van der Waals surface area contributed by atoms with Gasteiger partial charge in [-0.05, 0) is 38.4 Å². The van der Waals surface area contributed by atoms with Crippen molar-refractivity contribution in [3.05, 3.63) is 35.9 Å². The van der Waals surface area contributed by atoms with Crippen LogP contribution in [0.15, 0.2) is 30.3 Å². The molecule has 0 radical (unpaired) electrons. The standard InChI is InChI=1S/C17H21NO4.C4H10O/c1-18-12-8-9-13(18)15(17(20)21-2)14(10-12)22-16(19)11-6-4-3-5-7-11;1-2-3-4-5/h3-7,12-15H,8-10H2,1-2H3;5H,2-4H2,1H3/t12?,13?,14-,15+;/m0./s1. The molecule has 0 amide bonds. The van der Waals surface area contributed by atoms with Gasteiger partial charge in [0.1, 0.15) is 12.0 Å². The highest BCUT2D eigenvalue weighted by molar-refractivity contribution is 5.89. The number of nitrogens with zero attached hydrogens (tertiary/aromatic N) is 1. The summed E-state index contributed by atoms with van der Waals surface area (Å²) in [6, 6.07) is 9.36. The molecule has 6 heteroatoms. The van der Waals surface area contributed by atoms with Gasteiger partial charge >= 0.3 is 11.9 Å². The van der Waals surface area contributed by atoms with Crippen molar-refractivity contribution < 1.29 is 24.2 Å². The summed E-state index contributed by atoms with van der Waals surface area (Å²) in [5, 5.41) is 8.07. The van der Waals surface area contributed by atoms with Gasteiger partial charge in [-0.2, -0.15) is 0 Å². The van der Waals surface area contributed by atoms with Gasteiger partial charge in [-0.15, -0.1) is 0 Å². The van der Waals surface area contributed by atoms with Gasteiger partial charge in [-0.1, -0.05) is 31.5 Å². The molecule has 2 aliphatic heterocycles. The number of unbranched alkanes of at least 4 members (excludes halogenated alkanes) is 1. The first kappa shape index (κ1) is 21.4. The van der Waals surface area contributed by atoms with Crippen LogP contribution < -0.4 is 0 Å². The van der Waals surface area contributed by atoms with Crippen LogP contribution in [-0.2, 0) is 14.3 Å². The van der Waals surface area contributed by atoms with Gasteiger partial charge in [0.25, 0.3) is 0 Å². The number of esters is 2. The van der Waals surface area contributed by atoms with Crippen molar-refractivity contribution in [2.75, 3.05) is 20.8 Å². The molecule has 150 valence electrons. The summed E-state index contributed by atoms with van der Waals surface area (Å²) in [7, 11) is 3.42. The number of carbonyl (C=O) groups is 2. The number of methoxy groups -OCH3 is 1. The second-order valence-electron chi connectivity index (χ2n) is 7.14.